The Balaban J connectivity index is 1.44. The van der Waals surface area contributed by atoms with E-state index < -0.39 is 10.8 Å². The molecule has 10 heteroatoms. The first-order valence-electron chi connectivity index (χ1n) is 9.25. The van der Waals surface area contributed by atoms with Gasteiger partial charge in [-0.25, -0.2) is 0 Å². The van der Waals surface area contributed by atoms with Crippen LogP contribution in [0.1, 0.15) is 10.4 Å². The Morgan fingerprint density at radius 1 is 1.00 bits per heavy atom. The Labute approximate surface area is 177 Å². The number of aromatic nitrogens is 3. The van der Waals surface area contributed by atoms with Gasteiger partial charge in [0.1, 0.15) is 5.56 Å². The van der Waals surface area contributed by atoms with E-state index in [9.17, 15) is 14.9 Å². The summed E-state index contributed by atoms with van der Waals surface area (Å²) in [5.74, 6) is 0.316. The van der Waals surface area contributed by atoms with Gasteiger partial charge < -0.3 is 9.80 Å². The summed E-state index contributed by atoms with van der Waals surface area (Å²) in [4.78, 5) is 31.1. The van der Waals surface area contributed by atoms with Gasteiger partial charge in [0, 0.05) is 55.2 Å². The molecule has 0 unspecified atom stereocenters. The molecular formula is C20H17ClN6O3. The minimum absolute atomic E-state index is 0.00226. The van der Waals surface area contributed by atoms with E-state index in [-0.39, 0.29) is 16.3 Å². The highest BCUT2D eigenvalue weighted by Crippen LogP contribution is 2.25. The highest BCUT2D eigenvalue weighted by atomic mass is 35.5. The molecule has 0 saturated carbocycles. The summed E-state index contributed by atoms with van der Waals surface area (Å²) >= 11 is 5.94. The molecule has 4 rings (SSSR count). The fourth-order valence-electron chi connectivity index (χ4n) is 3.32. The molecule has 0 aliphatic carbocycles. The minimum atomic E-state index is -0.570. The van der Waals surface area contributed by atoms with E-state index in [1.54, 1.807) is 17.3 Å². The number of carbonyl (C=O) groups excluding carboxylic acids is 1. The van der Waals surface area contributed by atoms with Crippen molar-refractivity contribution in [1.29, 1.82) is 0 Å². The molecule has 2 aromatic heterocycles. The second-order valence-electron chi connectivity index (χ2n) is 6.71. The Morgan fingerprint density at radius 3 is 2.37 bits per heavy atom. The van der Waals surface area contributed by atoms with E-state index >= 15 is 0 Å². The number of hydrogen-bond acceptors (Lipinski definition) is 7. The number of halogens is 1. The molecule has 3 aromatic rings. The number of hydrogen-bond donors (Lipinski definition) is 0. The molecule has 0 radical (unpaired) electrons. The van der Waals surface area contributed by atoms with Crippen LogP contribution in [0.15, 0.2) is 54.9 Å². The Kier molecular flexibility index (Phi) is 5.53. The van der Waals surface area contributed by atoms with E-state index in [2.05, 4.69) is 15.2 Å². The van der Waals surface area contributed by atoms with Gasteiger partial charge in [-0.2, -0.15) is 0 Å². The van der Waals surface area contributed by atoms with Crippen LogP contribution >= 0.6 is 11.6 Å². The number of rotatable bonds is 4. The molecule has 3 heterocycles. The van der Waals surface area contributed by atoms with Crippen molar-refractivity contribution in [3.05, 3.63) is 75.6 Å². The lowest BCUT2D eigenvalue weighted by Crippen LogP contribution is -2.49. The van der Waals surface area contributed by atoms with Crippen LogP contribution in [0, 0.1) is 10.1 Å². The number of piperazine rings is 1. The SMILES string of the molecule is O=C(c1cc(Cl)ccc1[N+](=O)[O-])N1CCN(c2ccc(-c3ccncc3)nn2)CC1. The van der Waals surface area contributed by atoms with Crippen LogP contribution < -0.4 is 4.90 Å². The first kappa shape index (κ1) is 19.7. The van der Waals surface area contributed by atoms with Crippen LogP contribution in [0.3, 0.4) is 0 Å². The maximum absolute atomic E-state index is 12.8. The fourth-order valence-corrected chi connectivity index (χ4v) is 3.49. The lowest BCUT2D eigenvalue weighted by atomic mass is 10.1. The predicted molar refractivity (Wildman–Crippen MR) is 111 cm³/mol. The van der Waals surface area contributed by atoms with Gasteiger partial charge in [0.2, 0.25) is 0 Å². The zero-order chi connectivity index (χ0) is 21.1. The van der Waals surface area contributed by atoms with Gasteiger partial charge >= 0.3 is 0 Å². The number of nitro benzene ring substituents is 1. The number of amides is 1. The van der Waals surface area contributed by atoms with Crippen LogP contribution in [0.25, 0.3) is 11.3 Å². The summed E-state index contributed by atoms with van der Waals surface area (Å²) in [5, 5.41) is 20.1. The third-order valence-corrected chi connectivity index (χ3v) is 5.14. The van der Waals surface area contributed by atoms with E-state index in [1.807, 2.05) is 29.2 Å². The first-order chi connectivity index (χ1) is 14.5. The average molecular weight is 425 g/mol. The Hall–Kier alpha value is -3.59. The summed E-state index contributed by atoms with van der Waals surface area (Å²) in [5.41, 5.74) is 1.44. The van der Waals surface area contributed by atoms with Gasteiger partial charge in [0.05, 0.1) is 10.6 Å². The van der Waals surface area contributed by atoms with Crippen molar-refractivity contribution in [3.8, 4) is 11.3 Å². The summed E-state index contributed by atoms with van der Waals surface area (Å²) in [6.07, 6.45) is 3.40. The maximum atomic E-state index is 12.8. The number of nitrogens with zero attached hydrogens (tertiary/aromatic N) is 6. The number of pyridine rings is 1. The van der Waals surface area contributed by atoms with Gasteiger partial charge in [0.25, 0.3) is 11.6 Å². The molecule has 30 heavy (non-hydrogen) atoms. The highest BCUT2D eigenvalue weighted by molar-refractivity contribution is 6.31. The van der Waals surface area contributed by atoms with Gasteiger partial charge in [-0.15, -0.1) is 10.2 Å². The number of nitro groups is 1. The molecule has 1 saturated heterocycles. The molecule has 1 aliphatic heterocycles. The van der Waals surface area contributed by atoms with Crippen molar-refractivity contribution in [3.63, 3.8) is 0 Å². The third-order valence-electron chi connectivity index (χ3n) is 4.90. The lowest BCUT2D eigenvalue weighted by Gasteiger charge is -2.35. The van der Waals surface area contributed by atoms with E-state index in [0.717, 1.165) is 11.3 Å². The maximum Gasteiger partial charge on any atom is 0.282 e. The number of benzene rings is 1. The van der Waals surface area contributed by atoms with Crippen molar-refractivity contribution < 1.29 is 9.72 Å². The quantitative estimate of drug-likeness (QED) is 0.468. The molecular weight excluding hydrogens is 408 g/mol. The second kappa shape index (κ2) is 8.42. The number of carbonyl (C=O) groups is 1. The van der Waals surface area contributed by atoms with Gasteiger partial charge in [-0.05, 0) is 36.4 Å². The molecule has 0 atom stereocenters. The highest BCUT2D eigenvalue weighted by Gasteiger charge is 2.28. The zero-order valence-electron chi connectivity index (χ0n) is 15.8. The van der Waals surface area contributed by atoms with Crippen molar-refractivity contribution >= 4 is 29.0 Å². The van der Waals surface area contributed by atoms with Crippen LogP contribution in [0.5, 0.6) is 0 Å². The second-order valence-corrected chi connectivity index (χ2v) is 7.15. The molecule has 1 fully saturated rings. The predicted octanol–water partition coefficient (Wildman–Crippen LogP) is 3.06. The molecule has 0 N–H and O–H groups in total. The molecule has 0 bridgehead atoms. The van der Waals surface area contributed by atoms with Gasteiger partial charge in [0.15, 0.2) is 5.82 Å². The summed E-state index contributed by atoms with van der Waals surface area (Å²) in [6, 6.07) is 11.5. The molecule has 1 aromatic carbocycles. The van der Waals surface area contributed by atoms with E-state index in [0.29, 0.717) is 32.0 Å². The van der Waals surface area contributed by atoms with Crippen LogP contribution in [0.4, 0.5) is 11.5 Å². The number of anilines is 1. The van der Waals surface area contributed by atoms with Crippen molar-refractivity contribution in [1.82, 2.24) is 20.1 Å². The topological polar surface area (TPSA) is 105 Å². The van der Waals surface area contributed by atoms with Crippen LogP contribution in [-0.2, 0) is 0 Å². The van der Waals surface area contributed by atoms with Crippen molar-refractivity contribution in [2.24, 2.45) is 0 Å². The molecule has 9 nitrogen and oxygen atoms in total. The van der Waals surface area contributed by atoms with Gasteiger partial charge in [-0.1, -0.05) is 11.6 Å². The lowest BCUT2D eigenvalue weighted by molar-refractivity contribution is -0.385. The zero-order valence-corrected chi connectivity index (χ0v) is 16.6. The average Bonchev–Trinajstić information content (AvgIpc) is 2.79. The normalized spacial score (nSPS) is 13.9. The molecule has 0 spiro atoms. The van der Waals surface area contributed by atoms with Crippen molar-refractivity contribution in [2.75, 3.05) is 31.1 Å². The van der Waals surface area contributed by atoms with Crippen LogP contribution in [0.2, 0.25) is 5.02 Å². The third kappa shape index (κ3) is 4.06. The first-order valence-corrected chi connectivity index (χ1v) is 9.63. The molecule has 1 aliphatic rings. The summed E-state index contributed by atoms with van der Waals surface area (Å²) < 4.78 is 0. The fraction of sp³-hybridized carbons (Fsp3) is 0.200. The smallest absolute Gasteiger partial charge is 0.282 e. The molecule has 1 amide bonds. The standard InChI is InChI=1S/C20H17ClN6O3/c21-15-1-3-18(27(29)30)16(13-15)20(28)26-11-9-25(10-12-26)19-4-2-17(23-24-19)14-5-7-22-8-6-14/h1-8,13H,9-12H2. The molecule has 152 valence electrons. The largest absolute Gasteiger partial charge is 0.352 e. The monoisotopic (exact) mass is 424 g/mol. The Morgan fingerprint density at radius 2 is 1.73 bits per heavy atom. The minimum Gasteiger partial charge on any atom is -0.352 e. The van der Waals surface area contributed by atoms with E-state index in [4.69, 9.17) is 11.6 Å². The van der Waals surface area contributed by atoms with Crippen LogP contribution in [-0.4, -0.2) is 57.1 Å². The summed E-state index contributed by atoms with van der Waals surface area (Å²) in [6.45, 7) is 1.92. The van der Waals surface area contributed by atoms with Crippen molar-refractivity contribution in [2.45, 2.75) is 0 Å². The van der Waals surface area contributed by atoms with E-state index in [1.165, 1.54) is 18.2 Å². The Bertz CT molecular complexity index is 1070. The summed E-state index contributed by atoms with van der Waals surface area (Å²) in [7, 11) is 0. The van der Waals surface area contributed by atoms with Gasteiger partial charge in [-0.3, -0.25) is 19.9 Å².